The Morgan fingerprint density at radius 3 is 2.61 bits per heavy atom. The van der Waals surface area contributed by atoms with E-state index in [9.17, 15) is 14.4 Å². The molecule has 8 nitrogen and oxygen atoms in total. The lowest BCUT2D eigenvalue weighted by Gasteiger charge is -2.09. The van der Waals surface area contributed by atoms with E-state index in [0.717, 1.165) is 11.1 Å². The van der Waals surface area contributed by atoms with E-state index in [2.05, 4.69) is 5.32 Å². The molecule has 0 saturated carbocycles. The number of carbonyl (C=O) groups is 2. The maximum atomic E-state index is 13.0. The molecule has 2 N–H and O–H groups in total. The molecule has 0 fully saturated rings. The van der Waals surface area contributed by atoms with E-state index in [0.29, 0.717) is 41.1 Å². The zero-order valence-corrected chi connectivity index (χ0v) is 16.9. The minimum absolute atomic E-state index is 0.145. The number of benzene rings is 2. The first-order valence-corrected chi connectivity index (χ1v) is 9.48. The van der Waals surface area contributed by atoms with E-state index in [4.69, 9.17) is 19.0 Å². The van der Waals surface area contributed by atoms with Crippen molar-refractivity contribution in [3.05, 3.63) is 63.5 Å². The lowest BCUT2D eigenvalue weighted by Crippen LogP contribution is -2.21. The minimum atomic E-state index is -1.60. The highest BCUT2D eigenvalue weighted by atomic mass is 16.5. The second-order valence-electron chi connectivity index (χ2n) is 6.99. The van der Waals surface area contributed by atoms with Crippen LogP contribution in [-0.2, 0) is 16.0 Å². The molecule has 0 saturated heterocycles. The predicted octanol–water partition coefficient (Wildman–Crippen LogP) is 3.32. The van der Waals surface area contributed by atoms with Gasteiger partial charge in [-0.2, -0.15) is 0 Å². The van der Waals surface area contributed by atoms with Crippen LogP contribution in [0.15, 0.2) is 45.6 Å². The molecule has 0 atom stereocenters. The molecule has 8 heteroatoms. The Morgan fingerprint density at radius 2 is 1.90 bits per heavy atom. The molecule has 31 heavy (non-hydrogen) atoms. The van der Waals surface area contributed by atoms with Gasteiger partial charge in [0.05, 0.1) is 19.6 Å². The number of carbonyl (C=O) groups excluding carboxylic acids is 1. The van der Waals surface area contributed by atoms with Crippen LogP contribution in [0.2, 0.25) is 0 Å². The third kappa shape index (κ3) is 3.75. The van der Waals surface area contributed by atoms with Crippen molar-refractivity contribution in [1.82, 2.24) is 0 Å². The minimum Gasteiger partial charge on any atom is -0.497 e. The van der Waals surface area contributed by atoms with Gasteiger partial charge in [0.15, 0.2) is 5.43 Å². The van der Waals surface area contributed by atoms with Gasteiger partial charge in [-0.3, -0.25) is 9.59 Å². The van der Waals surface area contributed by atoms with Crippen LogP contribution in [0.3, 0.4) is 0 Å². The van der Waals surface area contributed by atoms with Gasteiger partial charge in [0.1, 0.15) is 22.8 Å². The largest absolute Gasteiger partial charge is 0.497 e. The molecular weight excluding hydrogens is 402 g/mol. The Hall–Kier alpha value is -4.07. The van der Waals surface area contributed by atoms with Crippen molar-refractivity contribution in [3.63, 3.8) is 0 Å². The monoisotopic (exact) mass is 421 g/mol. The lowest BCUT2D eigenvalue weighted by molar-refractivity contribution is -0.147. The van der Waals surface area contributed by atoms with E-state index in [1.165, 1.54) is 18.2 Å². The number of amides is 1. The Kier molecular flexibility index (Phi) is 5.21. The highest BCUT2D eigenvalue weighted by Crippen LogP contribution is 2.36. The fourth-order valence-corrected chi connectivity index (χ4v) is 3.63. The third-order valence-corrected chi connectivity index (χ3v) is 5.14. The number of carboxylic acids is 1. The van der Waals surface area contributed by atoms with Crippen LogP contribution in [0.25, 0.3) is 22.6 Å². The summed E-state index contributed by atoms with van der Waals surface area (Å²) in [6.07, 6.45) is 3.06. The first-order chi connectivity index (χ1) is 14.9. The summed E-state index contributed by atoms with van der Waals surface area (Å²) in [5.74, 6) is -0.973. The summed E-state index contributed by atoms with van der Waals surface area (Å²) in [5.41, 5.74) is 2.55. The number of ether oxygens (including phenoxy) is 2. The van der Waals surface area contributed by atoms with E-state index >= 15 is 0 Å². The molecule has 1 amide bonds. The number of hydrogen-bond acceptors (Lipinski definition) is 6. The van der Waals surface area contributed by atoms with Crippen LogP contribution in [0.1, 0.15) is 23.3 Å². The summed E-state index contributed by atoms with van der Waals surface area (Å²) in [5, 5.41) is 11.4. The van der Waals surface area contributed by atoms with Crippen molar-refractivity contribution in [2.75, 3.05) is 19.5 Å². The van der Waals surface area contributed by atoms with Crippen molar-refractivity contribution in [1.29, 1.82) is 0 Å². The Balaban J connectivity index is 1.81. The zero-order chi connectivity index (χ0) is 22.1. The third-order valence-electron chi connectivity index (χ3n) is 5.14. The van der Waals surface area contributed by atoms with E-state index < -0.39 is 11.9 Å². The molecule has 1 heterocycles. The van der Waals surface area contributed by atoms with Crippen LogP contribution in [-0.4, -0.2) is 31.2 Å². The Labute approximate surface area is 176 Å². The van der Waals surface area contributed by atoms with Gasteiger partial charge < -0.3 is 24.3 Å². The van der Waals surface area contributed by atoms with Crippen LogP contribution in [0.4, 0.5) is 5.69 Å². The number of methoxy groups -OCH3 is 2. The number of carboxylic acid groups (broad SMARTS) is 1. The molecule has 158 valence electrons. The topological polar surface area (TPSA) is 115 Å². The van der Waals surface area contributed by atoms with Crippen molar-refractivity contribution < 1.29 is 28.6 Å². The zero-order valence-electron chi connectivity index (χ0n) is 16.9. The fourth-order valence-electron chi connectivity index (χ4n) is 3.63. The van der Waals surface area contributed by atoms with E-state index in [1.54, 1.807) is 26.4 Å². The van der Waals surface area contributed by atoms with Gasteiger partial charge in [0, 0.05) is 22.9 Å². The summed E-state index contributed by atoms with van der Waals surface area (Å²) < 4.78 is 16.8. The smallest absolute Gasteiger partial charge is 0.394 e. The lowest BCUT2D eigenvalue weighted by atomic mass is 10.1. The van der Waals surface area contributed by atoms with Gasteiger partial charge in [-0.15, -0.1) is 0 Å². The highest BCUT2D eigenvalue weighted by Gasteiger charge is 2.24. The van der Waals surface area contributed by atoms with Crippen LogP contribution in [0, 0.1) is 0 Å². The predicted molar refractivity (Wildman–Crippen MR) is 114 cm³/mol. The first-order valence-electron chi connectivity index (χ1n) is 9.48. The summed E-state index contributed by atoms with van der Waals surface area (Å²) >= 11 is 0. The molecule has 0 radical (unpaired) electrons. The number of fused-ring (bicyclic) bond motifs is 2. The van der Waals surface area contributed by atoms with Gasteiger partial charge in [0.25, 0.3) is 0 Å². The second-order valence-corrected chi connectivity index (χ2v) is 6.99. The van der Waals surface area contributed by atoms with Crippen molar-refractivity contribution in [2.45, 2.75) is 12.8 Å². The second kappa shape index (κ2) is 7.98. The molecule has 1 aliphatic carbocycles. The normalized spacial score (nSPS) is 13.8. The molecule has 0 spiro atoms. The van der Waals surface area contributed by atoms with Crippen molar-refractivity contribution >= 4 is 40.2 Å². The standard InChI is InChI=1S/C23H19NO7/c1-29-15-5-8-18(30-2)13(10-15)9-12-3-6-17-20(25)16-7-4-14(24-22(26)23(27)28)11-19(16)31-21(12)17/h4-5,7-11H,3,6H2,1-2H3,(H,24,26)(H,27,28). The van der Waals surface area contributed by atoms with Gasteiger partial charge in [0.2, 0.25) is 0 Å². The SMILES string of the molecule is COc1ccc(OC)c(C=C2CCc3c2oc2cc(NC(=O)C(=O)O)ccc2c3=O)c1. The van der Waals surface area contributed by atoms with E-state index in [1.807, 2.05) is 12.1 Å². The van der Waals surface area contributed by atoms with Crippen LogP contribution < -0.4 is 20.2 Å². The highest BCUT2D eigenvalue weighted by molar-refractivity contribution is 6.36. The molecule has 1 aliphatic rings. The molecule has 4 rings (SSSR count). The van der Waals surface area contributed by atoms with Crippen molar-refractivity contribution in [2.24, 2.45) is 0 Å². The molecule has 1 aromatic heterocycles. The number of aliphatic carboxylic acids is 1. The molecule has 2 aromatic carbocycles. The van der Waals surface area contributed by atoms with E-state index in [-0.39, 0.29) is 16.7 Å². The summed E-state index contributed by atoms with van der Waals surface area (Å²) in [6.45, 7) is 0. The van der Waals surface area contributed by atoms with Gasteiger partial charge in [-0.05, 0) is 54.8 Å². The summed E-state index contributed by atoms with van der Waals surface area (Å²) in [7, 11) is 3.16. The molecule has 0 unspecified atom stereocenters. The maximum absolute atomic E-state index is 13.0. The Morgan fingerprint density at radius 1 is 1.10 bits per heavy atom. The van der Waals surface area contributed by atoms with Gasteiger partial charge in [-0.1, -0.05) is 0 Å². The average Bonchev–Trinajstić information content (AvgIpc) is 3.16. The number of rotatable bonds is 4. The summed E-state index contributed by atoms with van der Waals surface area (Å²) in [6, 6.07) is 9.87. The van der Waals surface area contributed by atoms with Gasteiger partial charge >= 0.3 is 11.9 Å². The fraction of sp³-hybridized carbons (Fsp3) is 0.174. The molecule has 0 bridgehead atoms. The number of hydrogen-bond donors (Lipinski definition) is 2. The van der Waals surface area contributed by atoms with Crippen LogP contribution in [0.5, 0.6) is 11.5 Å². The van der Waals surface area contributed by atoms with Gasteiger partial charge in [-0.25, -0.2) is 4.79 Å². The molecule has 3 aromatic rings. The molecule has 0 aliphatic heterocycles. The van der Waals surface area contributed by atoms with Crippen molar-refractivity contribution in [3.8, 4) is 11.5 Å². The Bertz CT molecular complexity index is 1300. The summed E-state index contributed by atoms with van der Waals surface area (Å²) in [4.78, 5) is 35.2. The average molecular weight is 421 g/mol. The maximum Gasteiger partial charge on any atom is 0.394 e. The molecular formula is C23H19NO7. The quantitative estimate of drug-likeness (QED) is 0.621. The number of nitrogens with one attached hydrogen (secondary N) is 1. The first kappa shape index (κ1) is 20.2. The number of anilines is 1. The van der Waals surface area contributed by atoms with Crippen LogP contribution >= 0.6 is 0 Å². The number of allylic oxidation sites excluding steroid dienone is 1.